The molecule has 0 aliphatic rings. The molecule has 0 aliphatic heterocycles. The quantitative estimate of drug-likeness (QED) is 0.362. The average Bonchev–Trinajstić information content (AvgIpc) is 3.21. The van der Waals surface area contributed by atoms with Crippen LogP contribution in [0.2, 0.25) is 0 Å². The van der Waals surface area contributed by atoms with Crippen molar-refractivity contribution >= 4 is 11.8 Å². The second kappa shape index (κ2) is 10.1. The highest BCUT2D eigenvalue weighted by Crippen LogP contribution is 2.31. The van der Waals surface area contributed by atoms with Gasteiger partial charge in [0.15, 0.2) is 11.0 Å². The molecule has 4 aromatic rings. The Hall–Kier alpha value is -3.12. The molecule has 6 heteroatoms. The lowest BCUT2D eigenvalue weighted by Crippen LogP contribution is -2.06. The molecular formula is C24H24N4OS. The molecule has 4 rings (SSSR count). The Kier molecular flexibility index (Phi) is 6.77. The van der Waals surface area contributed by atoms with Crippen LogP contribution in [0.3, 0.4) is 0 Å². The van der Waals surface area contributed by atoms with Crippen LogP contribution in [0, 0.1) is 0 Å². The number of thioether (sulfide) groups is 1. The van der Waals surface area contributed by atoms with Crippen LogP contribution in [-0.2, 0) is 19.4 Å². The lowest BCUT2D eigenvalue weighted by atomic mass is 10.1. The Morgan fingerprint density at radius 3 is 2.37 bits per heavy atom. The zero-order chi connectivity index (χ0) is 20.6. The number of aromatic nitrogens is 4. The van der Waals surface area contributed by atoms with Gasteiger partial charge in [-0.1, -0.05) is 54.2 Å². The molecule has 0 atom stereocenters. The van der Waals surface area contributed by atoms with Gasteiger partial charge in [0.1, 0.15) is 5.75 Å². The van der Waals surface area contributed by atoms with Crippen LogP contribution in [0.4, 0.5) is 0 Å². The Balaban J connectivity index is 1.58. The van der Waals surface area contributed by atoms with E-state index < -0.39 is 0 Å². The lowest BCUT2D eigenvalue weighted by molar-refractivity contribution is 0.415. The van der Waals surface area contributed by atoms with Gasteiger partial charge in [0.2, 0.25) is 0 Å². The SMILES string of the molecule is COc1ccccc1-c1nnc(SCCc2ccncc2)n1CCc1ccccc1. The molecule has 152 valence electrons. The van der Waals surface area contributed by atoms with E-state index >= 15 is 0 Å². The minimum absolute atomic E-state index is 0.805. The first-order valence-electron chi connectivity index (χ1n) is 9.97. The minimum atomic E-state index is 0.805. The maximum Gasteiger partial charge on any atom is 0.191 e. The van der Waals surface area contributed by atoms with Gasteiger partial charge >= 0.3 is 0 Å². The molecule has 0 fully saturated rings. The summed E-state index contributed by atoms with van der Waals surface area (Å²) < 4.78 is 7.78. The third kappa shape index (κ3) is 4.89. The first-order chi connectivity index (χ1) is 14.8. The fourth-order valence-electron chi connectivity index (χ4n) is 3.32. The lowest BCUT2D eigenvalue weighted by Gasteiger charge is -2.12. The minimum Gasteiger partial charge on any atom is -0.496 e. The summed E-state index contributed by atoms with van der Waals surface area (Å²) in [5, 5.41) is 9.99. The predicted octanol–water partition coefficient (Wildman–Crippen LogP) is 4.93. The van der Waals surface area contributed by atoms with Gasteiger partial charge in [-0.15, -0.1) is 10.2 Å². The molecule has 0 saturated carbocycles. The largest absolute Gasteiger partial charge is 0.496 e. The number of pyridine rings is 1. The summed E-state index contributed by atoms with van der Waals surface area (Å²) in [6.45, 7) is 0.808. The normalized spacial score (nSPS) is 10.8. The number of methoxy groups -OCH3 is 1. The first-order valence-corrected chi connectivity index (χ1v) is 11.0. The molecule has 0 aliphatic carbocycles. The maximum atomic E-state index is 5.57. The molecule has 0 amide bonds. The highest BCUT2D eigenvalue weighted by molar-refractivity contribution is 7.99. The summed E-state index contributed by atoms with van der Waals surface area (Å²) in [5.41, 5.74) is 3.53. The van der Waals surface area contributed by atoms with Gasteiger partial charge in [-0.3, -0.25) is 4.98 Å². The fraction of sp³-hybridized carbons (Fsp3) is 0.208. The Morgan fingerprint density at radius 2 is 1.57 bits per heavy atom. The van der Waals surface area contributed by atoms with Gasteiger partial charge < -0.3 is 9.30 Å². The molecule has 0 saturated heterocycles. The van der Waals surface area contributed by atoms with Crippen LogP contribution in [0.5, 0.6) is 5.75 Å². The fourth-order valence-corrected chi connectivity index (χ4v) is 4.27. The van der Waals surface area contributed by atoms with Crippen LogP contribution in [0.1, 0.15) is 11.1 Å². The second-order valence-electron chi connectivity index (χ2n) is 6.85. The molecular weight excluding hydrogens is 392 g/mol. The summed E-state index contributed by atoms with van der Waals surface area (Å²) in [6, 6.07) is 22.6. The summed E-state index contributed by atoms with van der Waals surface area (Å²) in [6.07, 6.45) is 5.55. The van der Waals surface area contributed by atoms with Crippen LogP contribution in [0.25, 0.3) is 11.4 Å². The number of aryl methyl sites for hydroxylation is 2. The van der Waals surface area contributed by atoms with Crippen LogP contribution in [-0.4, -0.2) is 32.6 Å². The third-order valence-electron chi connectivity index (χ3n) is 4.90. The number of hydrogen-bond acceptors (Lipinski definition) is 5. The van der Waals surface area contributed by atoms with E-state index in [4.69, 9.17) is 4.74 Å². The van der Waals surface area contributed by atoms with Crippen molar-refractivity contribution < 1.29 is 4.74 Å². The molecule has 5 nitrogen and oxygen atoms in total. The number of ether oxygens (including phenoxy) is 1. The van der Waals surface area contributed by atoms with E-state index in [0.717, 1.165) is 47.4 Å². The van der Waals surface area contributed by atoms with Gasteiger partial charge in [-0.25, -0.2) is 0 Å². The standard InChI is InChI=1S/C24H24N4OS/c1-29-22-10-6-5-9-21(22)23-26-27-24(30-18-14-20-11-15-25-16-12-20)28(23)17-13-19-7-3-2-4-8-19/h2-12,15-16H,13-14,17-18H2,1H3. The van der Waals surface area contributed by atoms with Crippen molar-refractivity contribution in [2.24, 2.45) is 0 Å². The number of nitrogens with zero attached hydrogens (tertiary/aromatic N) is 4. The van der Waals surface area contributed by atoms with Gasteiger partial charge in [0.05, 0.1) is 12.7 Å². The Bertz CT molecular complexity index is 1070. The van der Waals surface area contributed by atoms with Gasteiger partial charge in [0.25, 0.3) is 0 Å². The number of hydrogen-bond donors (Lipinski definition) is 0. The number of rotatable bonds is 9. The number of para-hydroxylation sites is 1. The number of benzene rings is 2. The van der Waals surface area contributed by atoms with Crippen molar-refractivity contribution in [1.82, 2.24) is 19.7 Å². The van der Waals surface area contributed by atoms with E-state index in [2.05, 4.69) is 56.1 Å². The maximum absolute atomic E-state index is 5.57. The molecule has 0 N–H and O–H groups in total. The van der Waals surface area contributed by atoms with E-state index in [1.165, 1.54) is 11.1 Å². The third-order valence-corrected chi connectivity index (χ3v) is 5.87. The molecule has 2 heterocycles. The van der Waals surface area contributed by atoms with Crippen molar-refractivity contribution in [2.75, 3.05) is 12.9 Å². The molecule has 0 radical (unpaired) electrons. The summed E-state index contributed by atoms with van der Waals surface area (Å²) >= 11 is 1.73. The van der Waals surface area contributed by atoms with Crippen LogP contribution < -0.4 is 4.74 Å². The van der Waals surface area contributed by atoms with Crippen molar-refractivity contribution in [1.29, 1.82) is 0 Å². The highest BCUT2D eigenvalue weighted by Gasteiger charge is 2.17. The van der Waals surface area contributed by atoms with Crippen molar-refractivity contribution in [2.45, 2.75) is 24.5 Å². The van der Waals surface area contributed by atoms with Crippen molar-refractivity contribution in [3.8, 4) is 17.1 Å². The molecule has 0 bridgehead atoms. The first kappa shape index (κ1) is 20.2. The zero-order valence-corrected chi connectivity index (χ0v) is 17.8. The Labute approximate surface area is 181 Å². The van der Waals surface area contributed by atoms with E-state index in [9.17, 15) is 0 Å². The molecule has 2 aromatic heterocycles. The highest BCUT2D eigenvalue weighted by atomic mass is 32.2. The second-order valence-corrected chi connectivity index (χ2v) is 7.91. The molecule has 30 heavy (non-hydrogen) atoms. The van der Waals surface area contributed by atoms with E-state index in [0.29, 0.717) is 0 Å². The van der Waals surface area contributed by atoms with Crippen LogP contribution >= 0.6 is 11.8 Å². The smallest absolute Gasteiger partial charge is 0.191 e. The van der Waals surface area contributed by atoms with Gasteiger partial charge in [-0.05, 0) is 48.2 Å². The van der Waals surface area contributed by atoms with Crippen molar-refractivity contribution in [3.05, 3.63) is 90.3 Å². The van der Waals surface area contributed by atoms with E-state index in [1.54, 1.807) is 18.9 Å². The predicted molar refractivity (Wildman–Crippen MR) is 121 cm³/mol. The summed E-state index contributed by atoms with van der Waals surface area (Å²) in [7, 11) is 1.69. The van der Waals surface area contributed by atoms with Crippen LogP contribution in [0.15, 0.2) is 84.3 Å². The molecule has 0 unspecified atom stereocenters. The van der Waals surface area contributed by atoms with Gasteiger partial charge in [0, 0.05) is 24.7 Å². The van der Waals surface area contributed by atoms with E-state index in [-0.39, 0.29) is 0 Å². The average molecular weight is 417 g/mol. The summed E-state index contributed by atoms with van der Waals surface area (Å²) in [5.74, 6) is 2.58. The molecule has 0 spiro atoms. The Morgan fingerprint density at radius 1 is 0.833 bits per heavy atom. The van der Waals surface area contributed by atoms with Gasteiger partial charge in [-0.2, -0.15) is 0 Å². The topological polar surface area (TPSA) is 52.8 Å². The molecule has 2 aromatic carbocycles. The monoisotopic (exact) mass is 416 g/mol. The van der Waals surface area contributed by atoms with Crippen molar-refractivity contribution in [3.63, 3.8) is 0 Å². The summed E-state index contributed by atoms with van der Waals surface area (Å²) in [4.78, 5) is 4.09. The van der Waals surface area contributed by atoms with E-state index in [1.807, 2.05) is 42.7 Å². The zero-order valence-electron chi connectivity index (χ0n) is 16.9.